The molecular formula is C10H15ClN6O2S. The summed E-state index contributed by atoms with van der Waals surface area (Å²) in [6, 6.07) is 0. The Balaban J connectivity index is 2.21. The molecule has 1 saturated heterocycles. The topological polar surface area (TPSA) is 78.1 Å². The van der Waals surface area contributed by atoms with Crippen molar-refractivity contribution in [1.82, 2.24) is 19.7 Å². The Morgan fingerprint density at radius 2 is 2.35 bits per heavy atom. The van der Waals surface area contributed by atoms with Gasteiger partial charge in [0.1, 0.15) is 5.10 Å². The lowest BCUT2D eigenvalue weighted by molar-refractivity contribution is -0.486. The van der Waals surface area contributed by atoms with Gasteiger partial charge >= 0.3 is 0 Å². The van der Waals surface area contributed by atoms with Crippen LogP contribution in [0.2, 0.25) is 4.47 Å². The number of guanidine groups is 1. The molecule has 0 aromatic carbocycles. The smallest absolute Gasteiger partial charge is 0.276 e. The van der Waals surface area contributed by atoms with Crippen LogP contribution in [0.4, 0.5) is 0 Å². The van der Waals surface area contributed by atoms with E-state index in [1.54, 1.807) is 18.1 Å². The van der Waals surface area contributed by atoms with Gasteiger partial charge in [0.2, 0.25) is 0 Å². The van der Waals surface area contributed by atoms with Crippen molar-refractivity contribution in [2.24, 2.45) is 5.10 Å². The van der Waals surface area contributed by atoms with E-state index < -0.39 is 5.03 Å². The average molecular weight is 319 g/mol. The first-order chi connectivity index (χ1) is 9.49. The highest BCUT2D eigenvalue weighted by atomic mass is 35.5. The summed E-state index contributed by atoms with van der Waals surface area (Å²) in [4.78, 5) is 21.4. The number of aromatic nitrogens is 1. The number of halogens is 1. The van der Waals surface area contributed by atoms with E-state index in [1.807, 2.05) is 11.8 Å². The van der Waals surface area contributed by atoms with Gasteiger partial charge in [-0.2, -0.15) is 0 Å². The minimum atomic E-state index is -0.667. The van der Waals surface area contributed by atoms with Gasteiger partial charge in [-0.05, 0) is 6.54 Å². The second kappa shape index (κ2) is 6.33. The van der Waals surface area contributed by atoms with Gasteiger partial charge in [0, 0.05) is 18.1 Å². The molecule has 0 amide bonds. The summed E-state index contributed by atoms with van der Waals surface area (Å²) >= 11 is 7.18. The lowest BCUT2D eigenvalue weighted by atomic mass is 10.4. The van der Waals surface area contributed by atoms with Crippen molar-refractivity contribution in [3.8, 4) is 0 Å². The van der Waals surface area contributed by atoms with Crippen LogP contribution in [0.5, 0.6) is 0 Å². The SMILES string of the molecule is CCN1CN(C)/C(=N\[N+](=O)[O-])N(Cc2cnc(Cl)s2)C1. The Labute approximate surface area is 125 Å². The first kappa shape index (κ1) is 14.9. The molecule has 1 aliphatic heterocycles. The maximum Gasteiger partial charge on any atom is 0.276 e. The normalized spacial score (nSPS) is 18.9. The first-order valence-electron chi connectivity index (χ1n) is 6.01. The average Bonchev–Trinajstić information content (AvgIpc) is 2.78. The van der Waals surface area contributed by atoms with Gasteiger partial charge in [-0.15, -0.1) is 11.3 Å². The molecule has 10 heteroatoms. The monoisotopic (exact) mass is 318 g/mol. The van der Waals surface area contributed by atoms with Gasteiger partial charge in [0.15, 0.2) is 9.50 Å². The van der Waals surface area contributed by atoms with Crippen molar-refractivity contribution >= 4 is 28.9 Å². The summed E-state index contributed by atoms with van der Waals surface area (Å²) in [5.41, 5.74) is 0. The van der Waals surface area contributed by atoms with E-state index in [4.69, 9.17) is 11.6 Å². The Bertz CT molecular complexity index is 522. The molecule has 0 aliphatic carbocycles. The largest absolute Gasteiger partial charge is 0.328 e. The molecule has 0 bridgehead atoms. The fourth-order valence-corrected chi connectivity index (χ4v) is 3.03. The molecule has 1 aliphatic rings. The minimum Gasteiger partial charge on any atom is -0.328 e. The van der Waals surface area contributed by atoms with E-state index in [2.05, 4.69) is 15.0 Å². The zero-order valence-electron chi connectivity index (χ0n) is 11.2. The number of hydrazone groups is 1. The minimum absolute atomic E-state index is 0.351. The quantitative estimate of drug-likeness (QED) is 0.615. The second-order valence-corrected chi connectivity index (χ2v) is 6.08. The van der Waals surface area contributed by atoms with Gasteiger partial charge in [-0.3, -0.25) is 4.90 Å². The van der Waals surface area contributed by atoms with Crippen molar-refractivity contribution < 1.29 is 5.03 Å². The molecule has 2 rings (SSSR count). The molecular weight excluding hydrogens is 304 g/mol. The van der Waals surface area contributed by atoms with Crippen molar-refractivity contribution in [3.63, 3.8) is 0 Å². The van der Waals surface area contributed by atoms with Crippen LogP contribution in [-0.2, 0) is 6.54 Å². The van der Waals surface area contributed by atoms with Crippen molar-refractivity contribution in [1.29, 1.82) is 0 Å². The summed E-state index contributed by atoms with van der Waals surface area (Å²) in [6.07, 6.45) is 1.68. The van der Waals surface area contributed by atoms with Gasteiger partial charge in [0.05, 0.1) is 19.9 Å². The molecule has 0 saturated carbocycles. The zero-order valence-corrected chi connectivity index (χ0v) is 12.8. The molecule has 0 radical (unpaired) electrons. The molecule has 1 fully saturated rings. The Hall–Kier alpha value is -1.45. The maximum atomic E-state index is 10.7. The van der Waals surface area contributed by atoms with Crippen LogP contribution >= 0.6 is 22.9 Å². The van der Waals surface area contributed by atoms with Crippen LogP contribution in [0.3, 0.4) is 0 Å². The molecule has 0 spiro atoms. The van der Waals surface area contributed by atoms with Crippen LogP contribution in [0.25, 0.3) is 0 Å². The summed E-state index contributed by atoms with van der Waals surface area (Å²) < 4.78 is 0.463. The Kier molecular flexibility index (Phi) is 4.73. The number of nitro groups is 1. The van der Waals surface area contributed by atoms with E-state index >= 15 is 0 Å². The standard InChI is InChI=1S/C10H15ClN6O2S/c1-3-15-6-14(2)10(13-17(18)19)16(7-15)5-8-4-12-9(11)20-8/h4H,3,5-7H2,1-2H3/b13-10+. The maximum absolute atomic E-state index is 10.7. The number of nitrogens with zero attached hydrogens (tertiary/aromatic N) is 6. The predicted molar refractivity (Wildman–Crippen MR) is 77.0 cm³/mol. The van der Waals surface area contributed by atoms with Crippen LogP contribution in [0, 0.1) is 10.1 Å². The van der Waals surface area contributed by atoms with Gasteiger partial charge in [0.25, 0.3) is 5.96 Å². The third kappa shape index (κ3) is 3.56. The lowest BCUT2D eigenvalue weighted by Gasteiger charge is -2.41. The molecule has 110 valence electrons. The number of rotatable bonds is 4. The number of hydrogen-bond acceptors (Lipinski definition) is 5. The molecule has 0 N–H and O–H groups in total. The molecule has 2 heterocycles. The summed E-state index contributed by atoms with van der Waals surface area (Å²) in [5.74, 6) is 0.351. The summed E-state index contributed by atoms with van der Waals surface area (Å²) in [5, 5.41) is 13.5. The fourth-order valence-electron chi connectivity index (χ4n) is 2.03. The van der Waals surface area contributed by atoms with Crippen molar-refractivity contribution in [2.75, 3.05) is 26.9 Å². The number of hydrogen-bond donors (Lipinski definition) is 0. The Morgan fingerprint density at radius 3 is 2.90 bits per heavy atom. The predicted octanol–water partition coefficient (Wildman–Crippen LogP) is 1.33. The van der Waals surface area contributed by atoms with Gasteiger partial charge in [-0.1, -0.05) is 18.5 Å². The van der Waals surface area contributed by atoms with Crippen LogP contribution in [-0.4, -0.2) is 57.6 Å². The molecule has 8 nitrogen and oxygen atoms in total. The molecule has 0 atom stereocenters. The summed E-state index contributed by atoms with van der Waals surface area (Å²) in [7, 11) is 1.79. The van der Waals surface area contributed by atoms with Crippen LogP contribution in [0.1, 0.15) is 11.8 Å². The number of thiazole rings is 1. The second-order valence-electron chi connectivity index (χ2n) is 4.38. The van der Waals surface area contributed by atoms with Gasteiger partial charge < -0.3 is 9.80 Å². The fraction of sp³-hybridized carbons (Fsp3) is 0.600. The van der Waals surface area contributed by atoms with E-state index in [0.717, 1.165) is 11.4 Å². The summed E-state index contributed by atoms with van der Waals surface area (Å²) in [6.45, 7) is 4.60. The van der Waals surface area contributed by atoms with E-state index in [-0.39, 0.29) is 0 Å². The molecule has 1 aromatic heterocycles. The van der Waals surface area contributed by atoms with E-state index in [1.165, 1.54) is 11.3 Å². The first-order valence-corrected chi connectivity index (χ1v) is 7.20. The molecule has 0 unspecified atom stereocenters. The molecule has 1 aromatic rings. The van der Waals surface area contributed by atoms with Crippen LogP contribution < -0.4 is 0 Å². The van der Waals surface area contributed by atoms with Gasteiger partial charge in [-0.25, -0.2) is 15.1 Å². The highest BCUT2D eigenvalue weighted by Gasteiger charge is 2.28. The lowest BCUT2D eigenvalue weighted by Crippen LogP contribution is -2.57. The highest BCUT2D eigenvalue weighted by molar-refractivity contribution is 7.15. The molecule has 20 heavy (non-hydrogen) atoms. The van der Waals surface area contributed by atoms with E-state index in [0.29, 0.717) is 30.3 Å². The Morgan fingerprint density at radius 1 is 1.60 bits per heavy atom. The van der Waals surface area contributed by atoms with Crippen molar-refractivity contribution in [2.45, 2.75) is 13.5 Å². The van der Waals surface area contributed by atoms with Crippen molar-refractivity contribution in [3.05, 3.63) is 25.7 Å². The third-order valence-electron chi connectivity index (χ3n) is 2.90. The highest BCUT2D eigenvalue weighted by Crippen LogP contribution is 2.21. The van der Waals surface area contributed by atoms with E-state index in [9.17, 15) is 10.1 Å². The van der Waals surface area contributed by atoms with Crippen LogP contribution in [0.15, 0.2) is 11.3 Å². The third-order valence-corrected chi connectivity index (χ3v) is 4.00. The zero-order chi connectivity index (χ0) is 14.7.